The van der Waals surface area contributed by atoms with Gasteiger partial charge in [0.15, 0.2) is 11.5 Å². The van der Waals surface area contributed by atoms with Crippen molar-refractivity contribution in [3.05, 3.63) is 34.8 Å². The standard InChI is InChI=1S/C11H14N4O2S/c1-16-9-4-3-7(5-10(9)17-2)11(13-12)8-6-18-15-14-8/h3-6,11,13H,12H2,1-2H3. The van der Waals surface area contributed by atoms with E-state index in [4.69, 9.17) is 15.3 Å². The van der Waals surface area contributed by atoms with E-state index in [0.717, 1.165) is 11.3 Å². The Morgan fingerprint density at radius 1 is 1.28 bits per heavy atom. The molecule has 0 aliphatic rings. The quantitative estimate of drug-likeness (QED) is 0.623. The molecule has 0 fully saturated rings. The van der Waals surface area contributed by atoms with Crippen LogP contribution in [-0.2, 0) is 0 Å². The van der Waals surface area contributed by atoms with E-state index in [-0.39, 0.29) is 6.04 Å². The average molecular weight is 266 g/mol. The summed E-state index contributed by atoms with van der Waals surface area (Å²) in [6.07, 6.45) is 0. The van der Waals surface area contributed by atoms with Gasteiger partial charge in [0.05, 0.1) is 26.0 Å². The van der Waals surface area contributed by atoms with E-state index < -0.39 is 0 Å². The summed E-state index contributed by atoms with van der Waals surface area (Å²) >= 11 is 1.28. The Kier molecular flexibility index (Phi) is 4.08. The molecule has 2 aromatic rings. The largest absolute Gasteiger partial charge is 0.493 e. The molecule has 0 spiro atoms. The zero-order valence-electron chi connectivity index (χ0n) is 10.1. The summed E-state index contributed by atoms with van der Waals surface area (Å²) in [4.78, 5) is 0. The fraction of sp³-hybridized carbons (Fsp3) is 0.273. The van der Waals surface area contributed by atoms with Crippen LogP contribution in [0, 0.1) is 0 Å². The molecule has 7 heteroatoms. The van der Waals surface area contributed by atoms with Gasteiger partial charge in [-0.2, -0.15) is 0 Å². The van der Waals surface area contributed by atoms with E-state index in [0.29, 0.717) is 11.5 Å². The number of methoxy groups -OCH3 is 2. The number of hydrazine groups is 1. The van der Waals surface area contributed by atoms with Crippen molar-refractivity contribution in [3.8, 4) is 11.5 Å². The summed E-state index contributed by atoms with van der Waals surface area (Å²) in [5, 5.41) is 5.86. The Hall–Kier alpha value is -1.70. The van der Waals surface area contributed by atoms with E-state index in [1.807, 2.05) is 23.6 Å². The minimum Gasteiger partial charge on any atom is -0.493 e. The van der Waals surface area contributed by atoms with Gasteiger partial charge < -0.3 is 9.47 Å². The highest BCUT2D eigenvalue weighted by atomic mass is 32.1. The van der Waals surface area contributed by atoms with Gasteiger partial charge in [0.2, 0.25) is 0 Å². The van der Waals surface area contributed by atoms with Crippen LogP contribution in [0.4, 0.5) is 0 Å². The lowest BCUT2D eigenvalue weighted by Crippen LogP contribution is -2.29. The monoisotopic (exact) mass is 266 g/mol. The molecule has 0 radical (unpaired) electrons. The Morgan fingerprint density at radius 2 is 2.06 bits per heavy atom. The molecule has 1 aromatic heterocycles. The number of benzene rings is 1. The van der Waals surface area contributed by atoms with Crippen molar-refractivity contribution in [2.75, 3.05) is 14.2 Å². The maximum Gasteiger partial charge on any atom is 0.161 e. The summed E-state index contributed by atoms with van der Waals surface area (Å²) in [5.41, 5.74) is 4.42. The van der Waals surface area contributed by atoms with Gasteiger partial charge in [-0.15, -0.1) is 5.10 Å². The Balaban J connectivity index is 2.37. The second-order valence-corrected chi connectivity index (χ2v) is 4.15. The van der Waals surface area contributed by atoms with Crippen LogP contribution < -0.4 is 20.7 Å². The number of nitrogens with one attached hydrogen (secondary N) is 1. The first-order valence-electron chi connectivity index (χ1n) is 5.25. The van der Waals surface area contributed by atoms with E-state index in [9.17, 15) is 0 Å². The van der Waals surface area contributed by atoms with Crippen molar-refractivity contribution in [2.45, 2.75) is 6.04 Å². The average Bonchev–Trinajstić information content (AvgIpc) is 2.93. The first-order chi connectivity index (χ1) is 8.80. The van der Waals surface area contributed by atoms with E-state index in [2.05, 4.69) is 15.0 Å². The molecular weight excluding hydrogens is 252 g/mol. The van der Waals surface area contributed by atoms with Crippen LogP contribution in [0.1, 0.15) is 17.3 Å². The van der Waals surface area contributed by atoms with Crippen LogP contribution >= 0.6 is 11.5 Å². The van der Waals surface area contributed by atoms with Crippen molar-refractivity contribution in [3.63, 3.8) is 0 Å². The molecule has 3 N–H and O–H groups in total. The van der Waals surface area contributed by atoms with Gasteiger partial charge in [0.25, 0.3) is 0 Å². The summed E-state index contributed by atoms with van der Waals surface area (Å²) in [5.74, 6) is 6.90. The van der Waals surface area contributed by atoms with Crippen LogP contribution in [0.25, 0.3) is 0 Å². The first kappa shape index (κ1) is 12.7. The lowest BCUT2D eigenvalue weighted by molar-refractivity contribution is 0.354. The number of rotatable bonds is 5. The van der Waals surface area contributed by atoms with E-state index in [1.54, 1.807) is 14.2 Å². The molecule has 0 bridgehead atoms. The summed E-state index contributed by atoms with van der Waals surface area (Å²) in [7, 11) is 3.19. The van der Waals surface area contributed by atoms with Gasteiger partial charge in [-0.25, -0.2) is 5.43 Å². The highest BCUT2D eigenvalue weighted by Gasteiger charge is 2.17. The topological polar surface area (TPSA) is 82.3 Å². The lowest BCUT2D eigenvalue weighted by atomic mass is 10.0. The maximum atomic E-state index is 5.57. The molecule has 1 atom stereocenters. The number of nitrogens with zero attached hydrogens (tertiary/aromatic N) is 2. The van der Waals surface area contributed by atoms with Crippen molar-refractivity contribution < 1.29 is 9.47 Å². The summed E-state index contributed by atoms with van der Waals surface area (Å²) < 4.78 is 14.3. The van der Waals surface area contributed by atoms with Crippen LogP contribution in [0.5, 0.6) is 11.5 Å². The van der Waals surface area contributed by atoms with Crippen LogP contribution in [0.15, 0.2) is 23.6 Å². The number of ether oxygens (including phenoxy) is 2. The Labute approximate surface area is 109 Å². The third-order valence-corrected chi connectivity index (χ3v) is 3.10. The third kappa shape index (κ3) is 2.42. The molecule has 0 amide bonds. The fourth-order valence-electron chi connectivity index (χ4n) is 1.68. The minimum absolute atomic E-state index is 0.219. The summed E-state index contributed by atoms with van der Waals surface area (Å²) in [6.45, 7) is 0. The normalized spacial score (nSPS) is 12.2. The second kappa shape index (κ2) is 5.76. The maximum absolute atomic E-state index is 5.57. The smallest absolute Gasteiger partial charge is 0.161 e. The molecule has 0 saturated carbocycles. The number of aromatic nitrogens is 2. The molecule has 1 heterocycles. The van der Waals surface area contributed by atoms with Crippen molar-refractivity contribution in [1.29, 1.82) is 0 Å². The SMILES string of the molecule is COc1ccc(C(NN)c2csnn2)cc1OC. The number of hydrogen-bond acceptors (Lipinski definition) is 7. The molecule has 2 rings (SSSR count). The molecule has 0 aliphatic heterocycles. The highest BCUT2D eigenvalue weighted by Crippen LogP contribution is 2.31. The first-order valence-corrected chi connectivity index (χ1v) is 6.08. The van der Waals surface area contributed by atoms with Gasteiger partial charge in [-0.05, 0) is 29.2 Å². The molecule has 0 saturated heterocycles. The van der Waals surface area contributed by atoms with Gasteiger partial charge in [-0.3, -0.25) is 5.84 Å². The van der Waals surface area contributed by atoms with Crippen molar-refractivity contribution >= 4 is 11.5 Å². The Bertz CT molecular complexity index is 504. The van der Waals surface area contributed by atoms with Crippen LogP contribution in [0.3, 0.4) is 0 Å². The summed E-state index contributed by atoms with van der Waals surface area (Å²) in [6, 6.07) is 5.38. The molecule has 1 aromatic carbocycles. The van der Waals surface area contributed by atoms with Gasteiger partial charge in [0.1, 0.15) is 0 Å². The predicted molar refractivity (Wildman–Crippen MR) is 68.6 cm³/mol. The highest BCUT2D eigenvalue weighted by molar-refractivity contribution is 7.03. The lowest BCUT2D eigenvalue weighted by Gasteiger charge is -2.15. The van der Waals surface area contributed by atoms with Gasteiger partial charge in [-0.1, -0.05) is 10.6 Å². The zero-order chi connectivity index (χ0) is 13.0. The molecule has 96 valence electrons. The Morgan fingerprint density at radius 3 is 2.61 bits per heavy atom. The minimum atomic E-state index is -0.219. The van der Waals surface area contributed by atoms with Crippen molar-refractivity contribution in [2.24, 2.45) is 5.84 Å². The van der Waals surface area contributed by atoms with Crippen LogP contribution in [-0.4, -0.2) is 23.8 Å². The molecule has 0 aliphatic carbocycles. The van der Waals surface area contributed by atoms with E-state index >= 15 is 0 Å². The van der Waals surface area contributed by atoms with Crippen LogP contribution in [0.2, 0.25) is 0 Å². The fourth-order valence-corrected chi connectivity index (χ4v) is 2.16. The predicted octanol–water partition coefficient (Wildman–Crippen LogP) is 1.11. The van der Waals surface area contributed by atoms with Crippen molar-refractivity contribution in [1.82, 2.24) is 15.0 Å². The molecular formula is C11H14N4O2S. The molecule has 18 heavy (non-hydrogen) atoms. The zero-order valence-corrected chi connectivity index (χ0v) is 10.9. The second-order valence-electron chi connectivity index (χ2n) is 3.54. The molecule has 6 nitrogen and oxygen atoms in total. The third-order valence-electron chi connectivity index (χ3n) is 2.58. The molecule has 1 unspecified atom stereocenters. The van der Waals surface area contributed by atoms with Gasteiger partial charge in [0, 0.05) is 5.38 Å². The van der Waals surface area contributed by atoms with Gasteiger partial charge >= 0.3 is 0 Å². The number of hydrogen-bond donors (Lipinski definition) is 2. The van der Waals surface area contributed by atoms with E-state index in [1.165, 1.54) is 11.5 Å². The number of nitrogens with two attached hydrogens (primary N) is 1.